The van der Waals surface area contributed by atoms with Crippen LogP contribution in [0.1, 0.15) is 31.1 Å². The van der Waals surface area contributed by atoms with Crippen molar-refractivity contribution in [1.82, 2.24) is 0 Å². The van der Waals surface area contributed by atoms with Gasteiger partial charge in [0.2, 0.25) is 0 Å². The molecule has 0 aromatic heterocycles. The van der Waals surface area contributed by atoms with E-state index >= 15 is 0 Å². The van der Waals surface area contributed by atoms with Gasteiger partial charge in [-0.25, -0.2) is 4.79 Å². The predicted octanol–water partition coefficient (Wildman–Crippen LogP) is 2.40. The number of hydrogen-bond acceptors (Lipinski definition) is 4. The molecule has 0 aliphatic carbocycles. The first-order valence-corrected chi connectivity index (χ1v) is 5.60. The third-order valence-corrected chi connectivity index (χ3v) is 2.32. The average Bonchev–Trinajstić information content (AvgIpc) is 2.49. The molecule has 5 heteroatoms. The first kappa shape index (κ1) is 15.1. The molecule has 2 aromatic rings. The highest BCUT2D eigenvalue weighted by atomic mass is 16.4. The van der Waals surface area contributed by atoms with Crippen molar-refractivity contribution in [2.24, 2.45) is 0 Å². The van der Waals surface area contributed by atoms with Crippen LogP contribution >= 0.6 is 0 Å². The van der Waals surface area contributed by atoms with E-state index in [1.807, 2.05) is 18.2 Å². The molecule has 0 heterocycles. The van der Waals surface area contributed by atoms with Gasteiger partial charge < -0.3 is 10.2 Å². The molecule has 2 N–H and O–H groups in total. The van der Waals surface area contributed by atoms with E-state index in [2.05, 4.69) is 0 Å². The van der Waals surface area contributed by atoms with Gasteiger partial charge in [-0.05, 0) is 18.2 Å². The van der Waals surface area contributed by atoms with Crippen LogP contribution in [-0.2, 0) is 0 Å². The summed E-state index contributed by atoms with van der Waals surface area (Å²) in [4.78, 5) is 30.6. The van der Waals surface area contributed by atoms with Crippen molar-refractivity contribution in [1.29, 1.82) is 0 Å². The fraction of sp³-hybridized carbons (Fsp3) is 0. The number of carbonyl (C=O) groups excluding carboxylic acids is 2. The molecule has 0 fully saturated rings. The zero-order valence-corrected chi connectivity index (χ0v) is 10.4. The van der Waals surface area contributed by atoms with Crippen LogP contribution in [0.4, 0.5) is 0 Å². The second kappa shape index (κ2) is 7.48. The Morgan fingerprint density at radius 3 is 1.95 bits per heavy atom. The molecule has 0 saturated heterocycles. The number of rotatable bonds is 3. The lowest BCUT2D eigenvalue weighted by Gasteiger charge is -1.98. The molecule has 20 heavy (non-hydrogen) atoms. The number of aromatic hydroxyl groups is 1. The molecular weight excluding hydrogens is 260 g/mol. The van der Waals surface area contributed by atoms with Crippen LogP contribution in [-0.4, -0.2) is 28.8 Å². The van der Waals surface area contributed by atoms with Gasteiger partial charge in [-0.1, -0.05) is 30.3 Å². The molecule has 0 aliphatic rings. The smallest absolute Gasteiger partial charge is 0.339 e. The average molecular weight is 272 g/mol. The van der Waals surface area contributed by atoms with Gasteiger partial charge in [0.1, 0.15) is 23.9 Å². The molecule has 0 amide bonds. The zero-order valence-electron chi connectivity index (χ0n) is 10.4. The Kier molecular flexibility index (Phi) is 5.65. The zero-order chi connectivity index (χ0) is 15.0. The second-order valence-electron chi connectivity index (χ2n) is 3.73. The van der Waals surface area contributed by atoms with E-state index in [9.17, 15) is 14.4 Å². The third-order valence-electron chi connectivity index (χ3n) is 2.32. The van der Waals surface area contributed by atoms with E-state index in [0.717, 1.165) is 17.9 Å². The van der Waals surface area contributed by atoms with Crippen LogP contribution in [0.15, 0.2) is 48.5 Å². The molecule has 2 rings (SSSR count). The van der Waals surface area contributed by atoms with Crippen LogP contribution in [0, 0.1) is 0 Å². The lowest BCUT2D eigenvalue weighted by molar-refractivity contribution is 0.0693. The van der Waals surface area contributed by atoms with E-state index < -0.39 is 5.97 Å². The van der Waals surface area contributed by atoms with E-state index in [-0.39, 0.29) is 16.9 Å². The Bertz CT molecular complexity index is 605. The Balaban J connectivity index is 0.000000217. The van der Waals surface area contributed by atoms with Crippen molar-refractivity contribution >= 4 is 18.5 Å². The topological polar surface area (TPSA) is 91.7 Å². The van der Waals surface area contributed by atoms with Gasteiger partial charge in [-0.15, -0.1) is 0 Å². The van der Waals surface area contributed by atoms with Crippen LogP contribution in [0.2, 0.25) is 0 Å². The van der Waals surface area contributed by atoms with Crippen LogP contribution in [0.25, 0.3) is 0 Å². The maximum atomic E-state index is 10.4. The van der Waals surface area contributed by atoms with Crippen molar-refractivity contribution < 1.29 is 24.6 Å². The minimum Gasteiger partial charge on any atom is -0.507 e. The summed E-state index contributed by atoms with van der Waals surface area (Å²) in [7, 11) is 0. The number of carboxylic acid groups (broad SMARTS) is 1. The van der Waals surface area contributed by atoms with Gasteiger partial charge >= 0.3 is 5.97 Å². The van der Waals surface area contributed by atoms with Crippen LogP contribution in [0.5, 0.6) is 5.75 Å². The molecule has 102 valence electrons. The van der Waals surface area contributed by atoms with Crippen LogP contribution < -0.4 is 0 Å². The summed E-state index contributed by atoms with van der Waals surface area (Å²) < 4.78 is 0. The maximum Gasteiger partial charge on any atom is 0.339 e. The molecule has 5 nitrogen and oxygen atoms in total. The van der Waals surface area contributed by atoms with Crippen molar-refractivity contribution in [2.75, 3.05) is 0 Å². The minimum atomic E-state index is -1.25. The molecule has 0 bridgehead atoms. The van der Waals surface area contributed by atoms with Gasteiger partial charge in [0.15, 0.2) is 0 Å². The lowest BCUT2D eigenvalue weighted by Crippen LogP contribution is -1.97. The summed E-state index contributed by atoms with van der Waals surface area (Å²) in [5.41, 5.74) is 0.692. The molecule has 0 atom stereocenters. The number of aromatic carboxylic acids is 1. The van der Waals surface area contributed by atoms with Crippen LogP contribution in [0.3, 0.4) is 0 Å². The first-order valence-electron chi connectivity index (χ1n) is 5.60. The number of aldehydes is 2. The highest BCUT2D eigenvalue weighted by molar-refractivity contribution is 5.93. The van der Waals surface area contributed by atoms with Crippen molar-refractivity contribution in [3.63, 3.8) is 0 Å². The Labute approximate surface area is 115 Å². The number of carboxylic acids is 1. The van der Waals surface area contributed by atoms with E-state index in [1.54, 1.807) is 12.1 Å². The minimum absolute atomic E-state index is 0.227. The third kappa shape index (κ3) is 4.38. The normalized spacial score (nSPS) is 9.00. The Morgan fingerprint density at radius 2 is 1.50 bits per heavy atom. The quantitative estimate of drug-likeness (QED) is 0.837. The fourth-order valence-electron chi connectivity index (χ4n) is 1.33. The van der Waals surface area contributed by atoms with E-state index in [1.165, 1.54) is 12.1 Å². The Morgan fingerprint density at radius 1 is 0.900 bits per heavy atom. The second-order valence-corrected chi connectivity index (χ2v) is 3.73. The molecule has 0 radical (unpaired) electrons. The van der Waals surface area contributed by atoms with E-state index in [4.69, 9.17) is 10.2 Å². The summed E-state index contributed by atoms with van der Waals surface area (Å²) in [6.45, 7) is 0. The SMILES string of the molecule is O=Cc1ccc(O)c(C(=O)O)c1.O=Cc1ccccc1. The van der Waals surface area contributed by atoms with Crippen molar-refractivity contribution in [3.05, 3.63) is 65.2 Å². The summed E-state index contributed by atoms with van der Waals surface area (Å²) in [5.74, 6) is -1.59. The summed E-state index contributed by atoms with van der Waals surface area (Å²) >= 11 is 0. The summed E-state index contributed by atoms with van der Waals surface area (Å²) in [6, 6.07) is 12.7. The monoisotopic (exact) mass is 272 g/mol. The van der Waals surface area contributed by atoms with Gasteiger partial charge in [-0.3, -0.25) is 9.59 Å². The number of phenols is 1. The molecule has 0 aliphatic heterocycles. The highest BCUT2D eigenvalue weighted by Gasteiger charge is 2.09. The largest absolute Gasteiger partial charge is 0.507 e. The highest BCUT2D eigenvalue weighted by Crippen LogP contribution is 2.17. The van der Waals surface area contributed by atoms with Gasteiger partial charge in [0.05, 0.1) is 0 Å². The standard InChI is InChI=1S/C8H6O4.C7H6O/c9-4-5-1-2-7(10)6(3-5)8(11)12;8-6-7-4-2-1-3-5-7/h1-4,10H,(H,11,12);1-6H. The molecule has 0 unspecified atom stereocenters. The van der Waals surface area contributed by atoms with Gasteiger partial charge in [0.25, 0.3) is 0 Å². The first-order chi connectivity index (χ1) is 9.58. The van der Waals surface area contributed by atoms with Gasteiger partial charge in [-0.2, -0.15) is 0 Å². The van der Waals surface area contributed by atoms with Crippen molar-refractivity contribution in [2.45, 2.75) is 0 Å². The number of hydrogen-bond donors (Lipinski definition) is 2. The molecule has 0 spiro atoms. The maximum absolute atomic E-state index is 10.4. The number of carbonyl (C=O) groups is 3. The summed E-state index contributed by atoms with van der Waals surface area (Å²) in [5, 5.41) is 17.5. The fourth-order valence-corrected chi connectivity index (χ4v) is 1.33. The molecule has 2 aromatic carbocycles. The molecular formula is C15H12O5. The predicted molar refractivity (Wildman–Crippen MR) is 72.3 cm³/mol. The lowest BCUT2D eigenvalue weighted by atomic mass is 10.1. The summed E-state index contributed by atoms with van der Waals surface area (Å²) in [6.07, 6.45) is 1.35. The van der Waals surface area contributed by atoms with Gasteiger partial charge in [0, 0.05) is 11.1 Å². The van der Waals surface area contributed by atoms with E-state index in [0.29, 0.717) is 6.29 Å². The number of benzene rings is 2. The Hall–Kier alpha value is -2.95. The van der Waals surface area contributed by atoms with Crippen molar-refractivity contribution in [3.8, 4) is 5.75 Å². The molecule has 0 saturated carbocycles.